The summed E-state index contributed by atoms with van der Waals surface area (Å²) < 4.78 is 14.6. The molecule has 7 heterocycles. The quantitative estimate of drug-likeness (QED) is 0.0389. The number of carbonyl (C=O) groups excluding carboxylic acids is 2. The number of carbonyl (C=O) groups is 2. The predicted molar refractivity (Wildman–Crippen MR) is 293 cm³/mol. The summed E-state index contributed by atoms with van der Waals surface area (Å²) >= 11 is 11.4. The van der Waals surface area contributed by atoms with Gasteiger partial charge in [0.05, 0.1) is 59.2 Å². The summed E-state index contributed by atoms with van der Waals surface area (Å²) in [5.74, 6) is 4.16. The molecule has 2 saturated carbocycles. The van der Waals surface area contributed by atoms with E-state index in [9.17, 15) is 9.59 Å². The first-order valence-electron chi connectivity index (χ1n) is 23.8. The van der Waals surface area contributed by atoms with E-state index in [1.54, 1.807) is 86.9 Å². The molecular formula is C52H47Cl2N21O4. The molecule has 2 aliphatic rings. The van der Waals surface area contributed by atoms with Crippen molar-refractivity contribution in [3.8, 4) is 46.4 Å². The third kappa shape index (κ3) is 14.6. The number of Topliss-reactive ketones (excluding diaryl/α,β-unsaturated/α-hetero) is 2. The standard InChI is InChI=1S/C24H21N9O2.C19H18ClN5O2.C5H4N4.C4H4ClN3/c1-33-13-28-24(32-33)15-4-3-5-17(23(15)35-2)29-18-10-20(27-12-16(18)22(34)14-6-7-14)30-19-8-9-26-21(11-25)31-19;1-25-10-22-19(24-25)12-4-3-5-14(18(12)27-2)23-15-8-16(20)21-9-13(15)17(26)11-6-7-11;6-3-5-8-2-1-4(7)9-5;5-4-7-2-1-3(6)8-4/h3-5,8-10,12-14H,6-7H2,1-2H3,(H2,26,27,29,30,31);3-5,8-11H,6-7H2,1-2H3,(H,21,23);1-2H,(H2,7,8,9);1-2H,(H2,6,7,8). The Bertz CT molecular complexity index is 3720. The number of rotatable bonds is 14. The zero-order chi connectivity index (χ0) is 56.0. The smallest absolute Gasteiger partial charge is 0.234 e. The molecule has 79 heavy (non-hydrogen) atoms. The van der Waals surface area contributed by atoms with Gasteiger partial charge in [-0.3, -0.25) is 19.0 Å². The second-order valence-corrected chi connectivity index (χ2v) is 17.8. The van der Waals surface area contributed by atoms with Crippen LogP contribution < -0.4 is 36.9 Å². The number of anilines is 8. The highest BCUT2D eigenvalue weighted by Crippen LogP contribution is 2.41. The highest BCUT2D eigenvalue weighted by molar-refractivity contribution is 6.30. The van der Waals surface area contributed by atoms with Crippen molar-refractivity contribution in [2.75, 3.05) is 41.6 Å². The third-order valence-electron chi connectivity index (χ3n) is 11.3. The highest BCUT2D eigenvalue weighted by Gasteiger charge is 2.33. The average molecular weight is 1100 g/mol. The molecular weight excluding hydrogens is 1050 g/mol. The lowest BCUT2D eigenvalue weighted by Gasteiger charge is -2.17. The van der Waals surface area contributed by atoms with Crippen molar-refractivity contribution in [2.45, 2.75) is 25.7 Å². The van der Waals surface area contributed by atoms with Gasteiger partial charge in [-0.25, -0.2) is 49.8 Å². The van der Waals surface area contributed by atoms with Crippen LogP contribution in [0.1, 0.15) is 58.0 Å². The van der Waals surface area contributed by atoms with Gasteiger partial charge in [0.1, 0.15) is 53.2 Å². The van der Waals surface area contributed by atoms with Crippen LogP contribution in [0.5, 0.6) is 11.5 Å². The van der Waals surface area contributed by atoms with Gasteiger partial charge in [-0.15, -0.1) is 0 Å². The van der Waals surface area contributed by atoms with Crippen LogP contribution in [0.2, 0.25) is 10.4 Å². The van der Waals surface area contributed by atoms with Crippen LogP contribution in [0.25, 0.3) is 22.8 Å². The number of benzene rings is 2. The molecule has 25 nitrogen and oxygen atoms in total. The van der Waals surface area contributed by atoms with Crippen LogP contribution in [0, 0.1) is 34.5 Å². The summed E-state index contributed by atoms with van der Waals surface area (Å²) in [4.78, 5) is 65.1. The summed E-state index contributed by atoms with van der Waals surface area (Å²) in [6.45, 7) is 0. The Balaban J connectivity index is 0.000000163. The first kappa shape index (κ1) is 55.0. The van der Waals surface area contributed by atoms with E-state index in [2.05, 4.69) is 76.0 Å². The minimum absolute atomic E-state index is 0.0159. The fraction of sp³-hybridized carbons (Fsp3) is 0.192. The van der Waals surface area contributed by atoms with Crippen molar-refractivity contribution in [3.63, 3.8) is 0 Å². The number of aromatic nitrogens is 14. The molecule has 9 aromatic rings. The lowest BCUT2D eigenvalue weighted by Crippen LogP contribution is -2.09. The van der Waals surface area contributed by atoms with Crippen molar-refractivity contribution in [2.24, 2.45) is 25.9 Å². The van der Waals surface area contributed by atoms with Gasteiger partial charge in [0, 0.05) is 63.0 Å². The maximum absolute atomic E-state index is 13.0. The van der Waals surface area contributed by atoms with Crippen LogP contribution in [0.15, 0.2) is 110 Å². The largest absolute Gasteiger partial charge is 0.494 e. The van der Waals surface area contributed by atoms with E-state index in [0.29, 0.717) is 91.0 Å². The van der Waals surface area contributed by atoms with E-state index in [-0.39, 0.29) is 40.3 Å². The number of para-hydroxylation sites is 2. The maximum atomic E-state index is 13.0. The predicted octanol–water partition coefficient (Wildman–Crippen LogP) is 8.15. The van der Waals surface area contributed by atoms with E-state index >= 15 is 0 Å². The first-order chi connectivity index (χ1) is 38.2. The molecule has 27 heteroatoms. The SMILES string of the molecule is COc1c(Nc2cc(Cl)ncc2C(=O)C2CC2)cccc1-c1ncn(C)n1.COc1c(Nc2cc(Nc3ccnc(C#N)n3)ncc2C(=O)C2CC2)cccc1-c1ncn(C)n1.N#Cc1nccc(N)n1.Nc1ccnc(Cl)n1. The van der Waals surface area contributed by atoms with Crippen LogP contribution >= 0.6 is 23.2 Å². The number of hydrogen-bond acceptors (Lipinski definition) is 23. The van der Waals surface area contributed by atoms with Gasteiger partial charge in [-0.1, -0.05) is 23.7 Å². The summed E-state index contributed by atoms with van der Waals surface area (Å²) in [6.07, 6.45) is 14.4. The Morgan fingerprint density at radius 2 is 1.09 bits per heavy atom. The van der Waals surface area contributed by atoms with E-state index < -0.39 is 0 Å². The van der Waals surface area contributed by atoms with Gasteiger partial charge >= 0.3 is 0 Å². The number of halogens is 2. The molecule has 0 unspecified atom stereocenters. The second-order valence-electron chi connectivity index (χ2n) is 17.1. The summed E-state index contributed by atoms with van der Waals surface area (Å²) in [5.41, 5.74) is 15.4. The Morgan fingerprint density at radius 1 is 0.595 bits per heavy atom. The number of nitrogens with one attached hydrogen (secondary N) is 3. The fourth-order valence-corrected chi connectivity index (χ4v) is 7.66. The Labute approximate surface area is 461 Å². The lowest BCUT2D eigenvalue weighted by molar-refractivity contribution is 0.0960. The zero-order valence-electron chi connectivity index (χ0n) is 42.6. The zero-order valence-corrected chi connectivity index (χ0v) is 44.1. The van der Waals surface area contributed by atoms with Crippen molar-refractivity contribution < 1.29 is 19.1 Å². The van der Waals surface area contributed by atoms with E-state index in [0.717, 1.165) is 31.2 Å². The molecule has 2 fully saturated rings. The second kappa shape index (κ2) is 25.5. The molecule has 0 bridgehead atoms. The van der Waals surface area contributed by atoms with Gasteiger partial charge in [0.15, 0.2) is 34.7 Å². The van der Waals surface area contributed by atoms with E-state index in [4.69, 9.17) is 54.7 Å². The van der Waals surface area contributed by atoms with Gasteiger partial charge < -0.3 is 36.9 Å². The first-order valence-corrected chi connectivity index (χ1v) is 24.6. The van der Waals surface area contributed by atoms with Crippen LogP contribution in [-0.2, 0) is 14.1 Å². The number of nitrogen functional groups attached to an aromatic ring is 2. The van der Waals surface area contributed by atoms with Crippen LogP contribution in [0.4, 0.5) is 46.0 Å². The van der Waals surface area contributed by atoms with Gasteiger partial charge in [-0.05, 0) is 85.8 Å². The van der Waals surface area contributed by atoms with Crippen LogP contribution in [0.3, 0.4) is 0 Å². The number of nitrogens with zero attached hydrogens (tertiary/aromatic N) is 16. The molecule has 7 N–H and O–H groups in total. The lowest BCUT2D eigenvalue weighted by atomic mass is 10.1. The number of hydrogen-bond donors (Lipinski definition) is 5. The van der Waals surface area contributed by atoms with Gasteiger partial charge in [0.2, 0.25) is 16.9 Å². The molecule has 7 aromatic heterocycles. The Morgan fingerprint density at radius 3 is 1.53 bits per heavy atom. The van der Waals surface area contributed by atoms with Crippen molar-refractivity contribution >= 4 is 80.8 Å². The van der Waals surface area contributed by atoms with Gasteiger partial charge in [-0.2, -0.15) is 20.7 Å². The summed E-state index contributed by atoms with van der Waals surface area (Å²) in [5, 5.41) is 36.2. The molecule has 398 valence electrons. The van der Waals surface area contributed by atoms with E-state index in [1.807, 2.05) is 42.5 Å². The maximum Gasteiger partial charge on any atom is 0.234 e. The minimum atomic E-state index is 0.0159. The number of nitriles is 2. The molecule has 0 aliphatic heterocycles. The summed E-state index contributed by atoms with van der Waals surface area (Å²) in [7, 11) is 6.76. The minimum Gasteiger partial charge on any atom is -0.494 e. The number of aryl methyl sites for hydroxylation is 2. The number of ether oxygens (including phenoxy) is 2. The Hall–Kier alpha value is -10.2. The molecule has 0 saturated heterocycles. The number of nitrogens with two attached hydrogens (primary N) is 2. The van der Waals surface area contributed by atoms with Crippen molar-refractivity contribution in [3.05, 3.63) is 144 Å². The van der Waals surface area contributed by atoms with Crippen molar-refractivity contribution in [1.29, 1.82) is 10.5 Å². The molecule has 11 rings (SSSR count). The molecule has 0 spiro atoms. The normalized spacial score (nSPS) is 12.1. The Kier molecular flexibility index (Phi) is 17.8. The molecule has 0 atom stereocenters. The summed E-state index contributed by atoms with van der Waals surface area (Å²) in [6, 6.07) is 23.0. The molecule has 2 aromatic carbocycles. The molecule has 0 radical (unpaired) electrons. The van der Waals surface area contributed by atoms with Gasteiger partial charge in [0.25, 0.3) is 0 Å². The average Bonchev–Trinajstić information content (AvgIpc) is 4.41. The number of methoxy groups -OCH3 is 2. The molecule has 2 aliphatic carbocycles. The third-order valence-corrected chi connectivity index (χ3v) is 11.7. The highest BCUT2D eigenvalue weighted by atomic mass is 35.5. The monoisotopic (exact) mass is 1100 g/mol. The fourth-order valence-electron chi connectivity index (χ4n) is 7.35. The van der Waals surface area contributed by atoms with Crippen LogP contribution in [-0.4, -0.2) is 95.2 Å². The van der Waals surface area contributed by atoms with Crippen molar-refractivity contribution in [1.82, 2.24) is 69.4 Å². The topological polar surface area (TPSA) is 353 Å². The number of ketones is 2. The van der Waals surface area contributed by atoms with E-state index in [1.165, 1.54) is 30.9 Å². The molecule has 0 amide bonds. The number of pyridine rings is 2.